The van der Waals surface area contributed by atoms with E-state index in [9.17, 15) is 10.1 Å². The summed E-state index contributed by atoms with van der Waals surface area (Å²) in [7, 11) is 1.56. The molecule has 1 saturated heterocycles. The number of benzene rings is 1. The lowest BCUT2D eigenvalue weighted by Gasteiger charge is -2.33. The number of fused-ring (bicyclic) bond motifs is 2. The molecule has 0 spiro atoms. The van der Waals surface area contributed by atoms with Crippen LogP contribution in [0.25, 0.3) is 11.5 Å². The average molecular weight is 510 g/mol. The Morgan fingerprint density at radius 2 is 2.06 bits per heavy atom. The summed E-state index contributed by atoms with van der Waals surface area (Å²) in [5, 5.41) is 10.1. The van der Waals surface area contributed by atoms with Crippen LogP contribution in [0.1, 0.15) is 31.7 Å². The van der Waals surface area contributed by atoms with Crippen LogP contribution in [-0.4, -0.2) is 63.4 Å². The number of methoxy groups -OCH3 is 1. The lowest BCUT2D eigenvalue weighted by Crippen LogP contribution is -2.43. The van der Waals surface area contributed by atoms with Gasteiger partial charge in [-0.3, -0.25) is 4.79 Å². The monoisotopic (exact) mass is 509 g/mol. The average Bonchev–Trinajstić information content (AvgIpc) is 3.54. The molecule has 36 heavy (non-hydrogen) atoms. The van der Waals surface area contributed by atoms with Gasteiger partial charge in [-0.2, -0.15) is 5.26 Å². The Morgan fingerprint density at radius 1 is 1.31 bits per heavy atom. The zero-order valence-electron chi connectivity index (χ0n) is 20.1. The first kappa shape index (κ1) is 24.1. The number of nitriles is 1. The van der Waals surface area contributed by atoms with Crippen molar-refractivity contribution in [3.05, 3.63) is 24.0 Å². The van der Waals surface area contributed by atoms with Crippen LogP contribution in [0, 0.1) is 17.2 Å². The number of carbonyl (C=O) groups is 1. The topological polar surface area (TPSA) is 141 Å². The van der Waals surface area contributed by atoms with Crippen molar-refractivity contribution in [3.8, 4) is 29.1 Å². The zero-order valence-corrected chi connectivity index (χ0v) is 21.0. The highest BCUT2D eigenvalue weighted by Crippen LogP contribution is 2.41. The van der Waals surface area contributed by atoms with Crippen molar-refractivity contribution in [2.24, 2.45) is 5.92 Å². The fourth-order valence-electron chi connectivity index (χ4n) is 4.46. The summed E-state index contributed by atoms with van der Waals surface area (Å²) >= 11 is 1.28. The summed E-state index contributed by atoms with van der Waals surface area (Å²) in [6, 6.07) is 5.63. The largest absolute Gasteiger partial charge is 0.454 e. The fraction of sp³-hybridized carbons (Fsp3) is 0.458. The van der Waals surface area contributed by atoms with E-state index in [0.717, 1.165) is 32.4 Å². The molecule has 1 fully saturated rings. The number of nitrogens with zero attached hydrogens (tertiary/aromatic N) is 6. The van der Waals surface area contributed by atoms with Crippen molar-refractivity contribution in [1.82, 2.24) is 24.4 Å². The molecule has 1 atom stereocenters. The molecule has 4 aliphatic rings. The fourth-order valence-corrected chi connectivity index (χ4v) is 5.30. The molecule has 188 valence electrons. The van der Waals surface area contributed by atoms with Crippen molar-refractivity contribution in [3.63, 3.8) is 0 Å². The summed E-state index contributed by atoms with van der Waals surface area (Å²) < 4.78 is 18.0. The summed E-state index contributed by atoms with van der Waals surface area (Å²) in [5.74, 6) is 2.66. The quantitative estimate of drug-likeness (QED) is 0.505. The second-order valence-corrected chi connectivity index (χ2v) is 9.86. The van der Waals surface area contributed by atoms with Crippen molar-refractivity contribution >= 4 is 23.5 Å². The Morgan fingerprint density at radius 3 is 2.78 bits per heavy atom. The number of aromatic nitrogens is 4. The summed E-state index contributed by atoms with van der Waals surface area (Å²) in [4.78, 5) is 28.5. The molecule has 0 aliphatic carbocycles. The highest BCUT2D eigenvalue weighted by atomic mass is 32.2. The summed E-state index contributed by atoms with van der Waals surface area (Å²) in [6.45, 7) is 4.11. The van der Waals surface area contributed by atoms with Gasteiger partial charge in [-0.25, -0.2) is 15.0 Å². The van der Waals surface area contributed by atoms with Crippen LogP contribution in [0.5, 0.6) is 11.5 Å². The van der Waals surface area contributed by atoms with Crippen LogP contribution in [0.3, 0.4) is 0 Å². The molecule has 0 saturated carbocycles. The highest BCUT2D eigenvalue weighted by molar-refractivity contribution is 7.99. The number of nitrogens with two attached hydrogens (primary N) is 1. The number of piperidine rings is 1. The third-order valence-corrected chi connectivity index (χ3v) is 7.60. The molecule has 0 radical (unpaired) electrons. The number of rotatable bonds is 7. The van der Waals surface area contributed by atoms with Gasteiger partial charge in [0.15, 0.2) is 34.0 Å². The minimum absolute atomic E-state index is 0.0499. The predicted octanol–water partition coefficient (Wildman–Crippen LogP) is 2.78. The summed E-state index contributed by atoms with van der Waals surface area (Å²) in [6.07, 6.45) is 4.12. The molecule has 1 aromatic carbocycles. The van der Waals surface area contributed by atoms with Gasteiger partial charge < -0.3 is 29.4 Å². The molecule has 4 aliphatic heterocycles. The molecular weight excluding hydrogens is 482 g/mol. The van der Waals surface area contributed by atoms with E-state index in [2.05, 4.69) is 16.0 Å². The Kier molecular flexibility index (Phi) is 6.84. The first-order chi connectivity index (χ1) is 17.5. The van der Waals surface area contributed by atoms with Crippen LogP contribution in [-0.2, 0) is 16.1 Å². The third-order valence-electron chi connectivity index (χ3n) is 6.67. The normalized spacial score (nSPS) is 16.3. The van der Waals surface area contributed by atoms with Gasteiger partial charge in [0.1, 0.15) is 12.2 Å². The number of hydrogen-bond donors (Lipinski definition) is 1. The Balaban J connectivity index is 1.28. The molecular formula is C24H27N7O4S. The van der Waals surface area contributed by atoms with Crippen molar-refractivity contribution in [2.45, 2.75) is 48.9 Å². The predicted molar refractivity (Wildman–Crippen MR) is 131 cm³/mol. The number of ether oxygens (including phenoxy) is 3. The van der Waals surface area contributed by atoms with Gasteiger partial charge in [0, 0.05) is 37.7 Å². The number of likely N-dealkylation sites (tertiary alicyclic amines) is 1. The first-order valence-corrected chi connectivity index (χ1v) is 12.6. The molecule has 1 aromatic rings. The molecule has 0 unspecified atom stereocenters. The van der Waals surface area contributed by atoms with E-state index in [1.54, 1.807) is 32.5 Å². The van der Waals surface area contributed by atoms with E-state index in [4.69, 9.17) is 24.9 Å². The standard InChI is InChI=1S/C24H27N7O4S/c1-14(33-2)23(32)30-6-3-15(4-7-30)5-8-31-12-27-21(26)20-22(31)29-24(28-20)36-19-10-18-17(34-13-35-18)9-16(19)11-25/h9-10,12,14-15H,3-8,13,26H2,1-2H3/t14-/m1/s1. The number of anilines is 1. The van der Waals surface area contributed by atoms with E-state index in [1.165, 1.54) is 11.8 Å². The van der Waals surface area contributed by atoms with Gasteiger partial charge in [-0.05, 0) is 49.9 Å². The van der Waals surface area contributed by atoms with E-state index in [0.29, 0.717) is 56.9 Å². The lowest BCUT2D eigenvalue weighted by atomic mass is 9.93. The maximum Gasteiger partial charge on any atom is 0.251 e. The van der Waals surface area contributed by atoms with Crippen LogP contribution < -0.4 is 15.2 Å². The molecule has 0 bridgehead atoms. The SMILES string of the molecule is CO[C@H](C)C(=O)N1CCC(CCn2cnc(N)c3nc(Sc4cc5c(cc4C#N)OCO5)nc2-3)CC1. The Hall–Kier alpha value is -3.56. The molecule has 5 rings (SSSR count). The van der Waals surface area contributed by atoms with Gasteiger partial charge in [0.05, 0.1) is 11.9 Å². The van der Waals surface area contributed by atoms with Gasteiger partial charge in [-0.1, -0.05) is 0 Å². The molecule has 2 N–H and O–H groups in total. The first-order valence-electron chi connectivity index (χ1n) is 11.8. The van der Waals surface area contributed by atoms with Gasteiger partial charge in [-0.15, -0.1) is 0 Å². The van der Waals surface area contributed by atoms with Crippen LogP contribution >= 0.6 is 11.8 Å². The maximum absolute atomic E-state index is 12.4. The number of hydrogen-bond acceptors (Lipinski definition) is 10. The number of amides is 1. The van der Waals surface area contributed by atoms with E-state index in [-0.39, 0.29) is 12.7 Å². The summed E-state index contributed by atoms with van der Waals surface area (Å²) in [5.41, 5.74) is 7.10. The van der Waals surface area contributed by atoms with Gasteiger partial charge >= 0.3 is 0 Å². The highest BCUT2D eigenvalue weighted by Gasteiger charge is 2.27. The van der Waals surface area contributed by atoms with Gasteiger partial charge in [0.2, 0.25) is 6.79 Å². The molecule has 0 aromatic heterocycles. The van der Waals surface area contributed by atoms with Crippen molar-refractivity contribution in [2.75, 3.05) is 32.7 Å². The van der Waals surface area contributed by atoms with E-state index >= 15 is 0 Å². The van der Waals surface area contributed by atoms with Crippen molar-refractivity contribution < 1.29 is 19.0 Å². The third kappa shape index (κ3) is 4.76. The van der Waals surface area contributed by atoms with E-state index in [1.807, 2.05) is 9.47 Å². The molecule has 1 amide bonds. The number of nitrogen functional groups attached to an aromatic ring is 1. The zero-order chi connectivity index (χ0) is 25.2. The minimum Gasteiger partial charge on any atom is -0.454 e. The second kappa shape index (κ2) is 10.2. The van der Waals surface area contributed by atoms with Crippen LogP contribution in [0.2, 0.25) is 0 Å². The maximum atomic E-state index is 12.4. The lowest BCUT2D eigenvalue weighted by molar-refractivity contribution is -0.142. The Bertz CT molecular complexity index is 1280. The van der Waals surface area contributed by atoms with Crippen LogP contribution in [0.4, 0.5) is 5.82 Å². The molecule has 12 heteroatoms. The number of carbonyl (C=O) groups excluding carboxylic acids is 1. The molecule has 11 nitrogen and oxygen atoms in total. The van der Waals surface area contributed by atoms with Gasteiger partial charge in [0.25, 0.3) is 5.91 Å². The number of imidazole rings is 1. The van der Waals surface area contributed by atoms with Crippen molar-refractivity contribution in [1.29, 1.82) is 5.26 Å². The number of aryl methyl sites for hydroxylation is 1. The van der Waals surface area contributed by atoms with E-state index < -0.39 is 6.10 Å². The minimum atomic E-state index is -0.406. The second-order valence-electron chi connectivity index (χ2n) is 8.85. The van der Waals surface area contributed by atoms with Crippen LogP contribution in [0.15, 0.2) is 28.5 Å². The smallest absolute Gasteiger partial charge is 0.251 e. The molecule has 4 heterocycles. The Labute approximate surface area is 212 Å².